The molecule has 5 rings (SSSR count). The van der Waals surface area contributed by atoms with E-state index in [-0.39, 0.29) is 6.04 Å². The van der Waals surface area contributed by atoms with Gasteiger partial charge in [0.2, 0.25) is 11.7 Å². The molecule has 0 fully saturated rings. The quantitative estimate of drug-likeness (QED) is 0.336. The van der Waals surface area contributed by atoms with Crippen molar-refractivity contribution in [3.63, 3.8) is 0 Å². The number of nitrogens with one attached hydrogen (secondary N) is 2. The van der Waals surface area contributed by atoms with Gasteiger partial charge in [0.15, 0.2) is 0 Å². The van der Waals surface area contributed by atoms with Crippen molar-refractivity contribution in [2.24, 2.45) is 0 Å². The highest BCUT2D eigenvalue weighted by Crippen LogP contribution is 2.24. The summed E-state index contributed by atoms with van der Waals surface area (Å²) in [4.78, 5) is 4.28. The van der Waals surface area contributed by atoms with Gasteiger partial charge in [-0.15, -0.1) is 0 Å². The lowest BCUT2D eigenvalue weighted by Crippen LogP contribution is -2.22. The second-order valence-corrected chi connectivity index (χ2v) is 8.07. The first-order chi connectivity index (χ1) is 16.2. The minimum absolute atomic E-state index is 0.187. The Morgan fingerprint density at radius 3 is 2.18 bits per heavy atom. The molecule has 6 heteroatoms. The van der Waals surface area contributed by atoms with Crippen molar-refractivity contribution < 1.29 is 4.52 Å². The molecule has 2 heterocycles. The Labute approximate surface area is 192 Å². The summed E-state index contributed by atoms with van der Waals surface area (Å²) in [6, 6.07) is 27.6. The van der Waals surface area contributed by atoms with Crippen molar-refractivity contribution in [2.75, 3.05) is 0 Å². The van der Waals surface area contributed by atoms with E-state index in [1.807, 2.05) is 30.6 Å². The Morgan fingerprint density at radius 1 is 0.848 bits per heavy atom. The van der Waals surface area contributed by atoms with Gasteiger partial charge in [0.25, 0.3) is 0 Å². The topological polar surface area (TPSA) is 79.6 Å². The molecule has 0 radical (unpaired) electrons. The molecule has 1 atom stereocenters. The van der Waals surface area contributed by atoms with Gasteiger partial charge in [0, 0.05) is 36.8 Å². The molecule has 5 aromatic rings. The third-order valence-corrected chi connectivity index (χ3v) is 5.71. The van der Waals surface area contributed by atoms with E-state index >= 15 is 0 Å². The highest BCUT2D eigenvalue weighted by molar-refractivity contribution is 5.67. The highest BCUT2D eigenvalue weighted by atomic mass is 16.5. The fraction of sp³-hybridized carbons (Fsp3) is 0.148. The Hall–Kier alpha value is -4.03. The lowest BCUT2D eigenvalue weighted by atomic mass is 10.00. The van der Waals surface area contributed by atoms with Crippen LogP contribution in [0.3, 0.4) is 0 Å². The Balaban J connectivity index is 1.25. The molecule has 0 saturated carbocycles. The molecule has 3 aromatic carbocycles. The van der Waals surface area contributed by atoms with E-state index in [1.54, 1.807) is 6.92 Å². The van der Waals surface area contributed by atoms with Crippen LogP contribution >= 0.6 is 0 Å². The van der Waals surface area contributed by atoms with Crippen LogP contribution in [0.1, 0.15) is 28.6 Å². The second kappa shape index (κ2) is 9.63. The van der Waals surface area contributed by atoms with Crippen LogP contribution in [0.5, 0.6) is 0 Å². The van der Waals surface area contributed by atoms with Crippen molar-refractivity contribution in [3.05, 3.63) is 114 Å². The largest absolute Gasteiger partial charge is 0.339 e. The first-order valence-electron chi connectivity index (χ1n) is 11.0. The van der Waals surface area contributed by atoms with E-state index in [1.165, 1.54) is 16.7 Å². The fourth-order valence-corrected chi connectivity index (χ4v) is 3.89. The highest BCUT2D eigenvalue weighted by Gasteiger charge is 2.13. The van der Waals surface area contributed by atoms with Gasteiger partial charge in [0.1, 0.15) is 0 Å². The molecule has 0 amide bonds. The van der Waals surface area contributed by atoms with Crippen LogP contribution in [-0.4, -0.2) is 20.3 Å². The van der Waals surface area contributed by atoms with Crippen LogP contribution in [0.15, 0.2) is 95.8 Å². The van der Waals surface area contributed by atoms with Gasteiger partial charge in [0.05, 0.1) is 6.20 Å². The molecule has 1 unspecified atom stereocenters. The Morgan fingerprint density at radius 2 is 1.55 bits per heavy atom. The minimum Gasteiger partial charge on any atom is -0.339 e. The number of hydrogen-bond donors (Lipinski definition) is 2. The molecular formula is C27H25N5O. The Kier molecular flexibility index (Phi) is 6.08. The van der Waals surface area contributed by atoms with E-state index in [0.717, 1.165) is 29.7 Å². The van der Waals surface area contributed by atoms with Crippen LogP contribution in [0.25, 0.3) is 22.5 Å². The fourth-order valence-electron chi connectivity index (χ4n) is 3.89. The monoisotopic (exact) mass is 435 g/mol. The molecule has 0 bridgehead atoms. The predicted octanol–water partition coefficient (Wildman–Crippen LogP) is 5.51. The number of hydrogen-bond acceptors (Lipinski definition) is 5. The smallest absolute Gasteiger partial charge is 0.223 e. The van der Waals surface area contributed by atoms with Crippen molar-refractivity contribution in [3.8, 4) is 22.5 Å². The summed E-state index contributed by atoms with van der Waals surface area (Å²) in [6.07, 6.45) is 4.76. The molecule has 0 aliphatic carbocycles. The van der Waals surface area contributed by atoms with Gasteiger partial charge in [-0.3, -0.25) is 5.10 Å². The summed E-state index contributed by atoms with van der Waals surface area (Å²) in [7, 11) is 0. The zero-order valence-electron chi connectivity index (χ0n) is 18.4. The summed E-state index contributed by atoms with van der Waals surface area (Å²) in [5.41, 5.74) is 6.96. The maximum atomic E-state index is 5.07. The van der Waals surface area contributed by atoms with E-state index < -0.39 is 0 Å². The van der Waals surface area contributed by atoms with E-state index in [2.05, 4.69) is 86.3 Å². The molecular weight excluding hydrogens is 410 g/mol. The van der Waals surface area contributed by atoms with Crippen LogP contribution in [0, 0.1) is 6.92 Å². The lowest BCUT2D eigenvalue weighted by Gasteiger charge is -2.18. The normalized spacial score (nSPS) is 12.0. The van der Waals surface area contributed by atoms with Crippen LogP contribution in [0.2, 0.25) is 0 Å². The van der Waals surface area contributed by atoms with Crippen molar-refractivity contribution in [1.82, 2.24) is 25.7 Å². The molecule has 0 saturated heterocycles. The van der Waals surface area contributed by atoms with Crippen molar-refractivity contribution in [2.45, 2.75) is 25.9 Å². The van der Waals surface area contributed by atoms with Crippen molar-refractivity contribution in [1.29, 1.82) is 0 Å². The number of aromatic amines is 1. The molecule has 33 heavy (non-hydrogen) atoms. The van der Waals surface area contributed by atoms with Gasteiger partial charge >= 0.3 is 0 Å². The van der Waals surface area contributed by atoms with Crippen LogP contribution in [0.4, 0.5) is 0 Å². The summed E-state index contributed by atoms with van der Waals surface area (Å²) < 4.78 is 5.07. The molecule has 0 aliphatic rings. The predicted molar refractivity (Wildman–Crippen MR) is 128 cm³/mol. The standard InChI is InChI=1S/C27H25N5O/c1-19-31-27(32-33-19)24-13-11-23(12-14-24)22-9-7-21(8-10-22)16-28-26(25-17-29-30-18-25)15-20-5-3-2-4-6-20/h2-14,17-18,26,28H,15-16H2,1H3,(H,29,30). The first kappa shape index (κ1) is 20.8. The summed E-state index contributed by atoms with van der Waals surface area (Å²) >= 11 is 0. The number of H-pyrrole nitrogens is 1. The van der Waals surface area contributed by atoms with Crippen molar-refractivity contribution >= 4 is 0 Å². The zero-order chi connectivity index (χ0) is 22.5. The molecule has 164 valence electrons. The number of rotatable bonds is 8. The zero-order valence-corrected chi connectivity index (χ0v) is 18.4. The van der Waals surface area contributed by atoms with E-state index in [4.69, 9.17) is 4.52 Å². The van der Waals surface area contributed by atoms with E-state index in [0.29, 0.717) is 11.7 Å². The third kappa shape index (κ3) is 5.07. The van der Waals surface area contributed by atoms with Crippen LogP contribution < -0.4 is 5.32 Å². The summed E-state index contributed by atoms with van der Waals surface area (Å²) in [5, 5.41) is 14.7. The second-order valence-electron chi connectivity index (χ2n) is 8.07. The summed E-state index contributed by atoms with van der Waals surface area (Å²) in [6.45, 7) is 2.57. The number of nitrogens with zero attached hydrogens (tertiary/aromatic N) is 3. The average Bonchev–Trinajstić information content (AvgIpc) is 3.55. The third-order valence-electron chi connectivity index (χ3n) is 5.71. The molecule has 0 aliphatic heterocycles. The average molecular weight is 436 g/mol. The molecule has 0 spiro atoms. The number of aryl methyl sites for hydroxylation is 1. The van der Waals surface area contributed by atoms with E-state index in [9.17, 15) is 0 Å². The van der Waals surface area contributed by atoms with Gasteiger partial charge in [-0.25, -0.2) is 0 Å². The van der Waals surface area contributed by atoms with Crippen LogP contribution in [-0.2, 0) is 13.0 Å². The van der Waals surface area contributed by atoms with Gasteiger partial charge < -0.3 is 9.84 Å². The van der Waals surface area contributed by atoms with Gasteiger partial charge in [-0.1, -0.05) is 84.0 Å². The van der Waals surface area contributed by atoms with Gasteiger partial charge in [-0.2, -0.15) is 10.1 Å². The molecule has 2 N–H and O–H groups in total. The molecule has 6 nitrogen and oxygen atoms in total. The maximum Gasteiger partial charge on any atom is 0.223 e. The number of benzene rings is 3. The van der Waals surface area contributed by atoms with Gasteiger partial charge in [-0.05, 0) is 28.7 Å². The first-order valence-corrected chi connectivity index (χ1v) is 11.0. The maximum absolute atomic E-state index is 5.07. The summed E-state index contributed by atoms with van der Waals surface area (Å²) in [5.74, 6) is 1.18. The Bertz CT molecular complexity index is 1280. The molecule has 2 aromatic heterocycles. The minimum atomic E-state index is 0.187. The number of aromatic nitrogens is 4. The lowest BCUT2D eigenvalue weighted by molar-refractivity contribution is 0.394. The SMILES string of the molecule is Cc1nc(-c2ccc(-c3ccc(CNC(Cc4ccccc4)c4cn[nH]c4)cc3)cc2)no1.